The zero-order valence-electron chi connectivity index (χ0n) is 10.7. The van der Waals surface area contributed by atoms with Crippen molar-refractivity contribution in [3.05, 3.63) is 0 Å². The Morgan fingerprint density at radius 1 is 1.31 bits per heavy atom. The molecule has 1 atom stereocenters. The molecular weight excluding hydrogens is 226 g/mol. The zero-order chi connectivity index (χ0) is 12.4. The minimum Gasteiger partial charge on any atom is -0.383 e. The average Bonchev–Trinajstić information content (AvgIpc) is 2.24. The van der Waals surface area contributed by atoms with Crippen molar-refractivity contribution in [1.29, 1.82) is 0 Å². The van der Waals surface area contributed by atoms with E-state index < -0.39 is 9.84 Å². The maximum Gasteiger partial charge on any atom is 0.154 e. The molecule has 0 aromatic heterocycles. The Morgan fingerprint density at radius 3 is 2.56 bits per heavy atom. The summed E-state index contributed by atoms with van der Waals surface area (Å²) in [6.07, 6.45) is 2.82. The van der Waals surface area contributed by atoms with E-state index in [1.54, 1.807) is 14.0 Å². The van der Waals surface area contributed by atoms with Crippen LogP contribution in [-0.2, 0) is 14.6 Å². The van der Waals surface area contributed by atoms with Gasteiger partial charge in [-0.05, 0) is 13.3 Å². The third-order valence-electron chi connectivity index (χ3n) is 2.56. The molecule has 1 N–H and O–H groups in total. The monoisotopic (exact) mass is 251 g/mol. The first-order chi connectivity index (χ1) is 7.54. The van der Waals surface area contributed by atoms with Crippen LogP contribution in [0.1, 0.15) is 33.1 Å². The highest BCUT2D eigenvalue weighted by molar-refractivity contribution is 7.92. The van der Waals surface area contributed by atoms with Crippen molar-refractivity contribution in [2.24, 2.45) is 0 Å². The Balaban J connectivity index is 3.81. The number of rotatable bonds is 10. The van der Waals surface area contributed by atoms with Gasteiger partial charge in [0, 0.05) is 20.2 Å². The number of ether oxygens (including phenoxy) is 1. The Morgan fingerprint density at radius 2 is 2.00 bits per heavy atom. The van der Waals surface area contributed by atoms with E-state index in [0.29, 0.717) is 25.4 Å². The molecule has 0 aromatic carbocycles. The Bertz CT molecular complexity index is 252. The maximum absolute atomic E-state index is 11.8. The van der Waals surface area contributed by atoms with Gasteiger partial charge in [-0.3, -0.25) is 0 Å². The van der Waals surface area contributed by atoms with Crippen LogP contribution in [0.5, 0.6) is 0 Å². The molecule has 1 unspecified atom stereocenters. The maximum atomic E-state index is 11.8. The SMILES string of the molecule is CCCCCS(=O)(=O)C(C)CNCCOC. The molecule has 0 fully saturated rings. The molecule has 0 saturated heterocycles. The highest BCUT2D eigenvalue weighted by Crippen LogP contribution is 2.05. The van der Waals surface area contributed by atoms with E-state index in [4.69, 9.17) is 4.74 Å². The molecule has 0 aliphatic rings. The van der Waals surface area contributed by atoms with Crippen molar-refractivity contribution in [3.63, 3.8) is 0 Å². The average molecular weight is 251 g/mol. The van der Waals surface area contributed by atoms with E-state index in [9.17, 15) is 8.42 Å². The topological polar surface area (TPSA) is 55.4 Å². The Hall–Kier alpha value is -0.130. The van der Waals surface area contributed by atoms with Crippen LogP contribution in [0.2, 0.25) is 0 Å². The molecule has 0 heterocycles. The molecule has 0 spiro atoms. The van der Waals surface area contributed by atoms with E-state index in [-0.39, 0.29) is 5.25 Å². The predicted molar refractivity (Wildman–Crippen MR) is 67.5 cm³/mol. The van der Waals surface area contributed by atoms with E-state index in [0.717, 1.165) is 19.3 Å². The molecule has 0 bridgehead atoms. The number of nitrogens with one attached hydrogen (secondary N) is 1. The van der Waals surface area contributed by atoms with Gasteiger partial charge in [0.15, 0.2) is 9.84 Å². The summed E-state index contributed by atoms with van der Waals surface area (Å²) in [6.45, 7) is 5.66. The van der Waals surface area contributed by atoms with Gasteiger partial charge in [-0.25, -0.2) is 8.42 Å². The van der Waals surface area contributed by atoms with Gasteiger partial charge in [0.1, 0.15) is 0 Å². The fraction of sp³-hybridized carbons (Fsp3) is 1.00. The van der Waals surface area contributed by atoms with E-state index >= 15 is 0 Å². The molecule has 16 heavy (non-hydrogen) atoms. The van der Waals surface area contributed by atoms with Gasteiger partial charge in [0.2, 0.25) is 0 Å². The number of hydrogen-bond donors (Lipinski definition) is 1. The van der Waals surface area contributed by atoms with Crippen molar-refractivity contribution in [3.8, 4) is 0 Å². The number of methoxy groups -OCH3 is 1. The smallest absolute Gasteiger partial charge is 0.154 e. The molecule has 98 valence electrons. The molecule has 0 rings (SSSR count). The summed E-state index contributed by atoms with van der Waals surface area (Å²) in [6, 6.07) is 0. The lowest BCUT2D eigenvalue weighted by Gasteiger charge is -2.13. The molecular formula is C11H25NO3S. The number of unbranched alkanes of at least 4 members (excludes halogenated alkanes) is 2. The highest BCUT2D eigenvalue weighted by atomic mass is 32.2. The predicted octanol–water partition coefficient (Wildman–Crippen LogP) is 1.22. The van der Waals surface area contributed by atoms with Crippen molar-refractivity contribution in [2.45, 2.75) is 38.4 Å². The molecule has 0 radical (unpaired) electrons. The Kier molecular flexibility index (Phi) is 8.89. The highest BCUT2D eigenvalue weighted by Gasteiger charge is 2.19. The summed E-state index contributed by atoms with van der Waals surface area (Å²) in [5, 5.41) is 2.77. The second-order valence-electron chi connectivity index (χ2n) is 4.08. The molecule has 5 heteroatoms. The molecule has 0 aliphatic carbocycles. The summed E-state index contributed by atoms with van der Waals surface area (Å²) < 4.78 is 28.5. The summed E-state index contributed by atoms with van der Waals surface area (Å²) in [5.74, 6) is 0.313. The van der Waals surface area contributed by atoms with Gasteiger partial charge >= 0.3 is 0 Å². The van der Waals surface area contributed by atoms with E-state index in [1.165, 1.54) is 0 Å². The van der Waals surface area contributed by atoms with Crippen LogP contribution in [0.3, 0.4) is 0 Å². The molecule has 4 nitrogen and oxygen atoms in total. The van der Waals surface area contributed by atoms with Crippen molar-refractivity contribution < 1.29 is 13.2 Å². The van der Waals surface area contributed by atoms with Gasteiger partial charge in [-0.15, -0.1) is 0 Å². The minimum absolute atomic E-state index is 0.304. The van der Waals surface area contributed by atoms with Crippen LogP contribution in [0.25, 0.3) is 0 Å². The van der Waals surface area contributed by atoms with Gasteiger partial charge in [-0.2, -0.15) is 0 Å². The molecule has 0 aromatic rings. The largest absolute Gasteiger partial charge is 0.383 e. The molecule has 0 amide bonds. The van der Waals surface area contributed by atoms with Gasteiger partial charge in [0.05, 0.1) is 17.6 Å². The first-order valence-corrected chi connectivity index (χ1v) is 7.67. The minimum atomic E-state index is -2.92. The Labute approximate surface area is 99.7 Å². The summed E-state index contributed by atoms with van der Waals surface area (Å²) in [4.78, 5) is 0. The van der Waals surface area contributed by atoms with Crippen LogP contribution >= 0.6 is 0 Å². The first-order valence-electron chi connectivity index (χ1n) is 5.95. The second-order valence-corrected chi connectivity index (χ2v) is 6.62. The lowest BCUT2D eigenvalue weighted by molar-refractivity contribution is 0.199. The fourth-order valence-corrected chi connectivity index (χ4v) is 2.74. The standard InChI is InChI=1S/C11H25NO3S/c1-4-5-6-9-16(13,14)11(2)10-12-7-8-15-3/h11-12H,4-10H2,1-3H3. The second kappa shape index (κ2) is 8.96. The lowest BCUT2D eigenvalue weighted by Crippen LogP contribution is -2.34. The van der Waals surface area contributed by atoms with Gasteiger partial charge < -0.3 is 10.1 Å². The van der Waals surface area contributed by atoms with E-state index in [2.05, 4.69) is 12.2 Å². The number of hydrogen-bond acceptors (Lipinski definition) is 4. The van der Waals surface area contributed by atoms with Crippen molar-refractivity contribution in [2.75, 3.05) is 32.6 Å². The molecule has 0 saturated carbocycles. The van der Waals surface area contributed by atoms with Crippen LogP contribution < -0.4 is 5.32 Å². The third-order valence-corrected chi connectivity index (χ3v) is 4.81. The summed E-state index contributed by atoms with van der Waals surface area (Å²) >= 11 is 0. The van der Waals surface area contributed by atoms with Crippen LogP contribution in [0.15, 0.2) is 0 Å². The van der Waals surface area contributed by atoms with Crippen LogP contribution in [-0.4, -0.2) is 46.2 Å². The van der Waals surface area contributed by atoms with Crippen molar-refractivity contribution >= 4 is 9.84 Å². The zero-order valence-corrected chi connectivity index (χ0v) is 11.5. The van der Waals surface area contributed by atoms with Crippen LogP contribution in [0, 0.1) is 0 Å². The fourth-order valence-electron chi connectivity index (χ4n) is 1.36. The van der Waals surface area contributed by atoms with Crippen molar-refractivity contribution in [1.82, 2.24) is 5.32 Å². The quantitative estimate of drug-likeness (QED) is 0.593. The lowest BCUT2D eigenvalue weighted by atomic mass is 10.3. The normalized spacial score (nSPS) is 13.9. The third kappa shape index (κ3) is 7.19. The molecule has 0 aliphatic heterocycles. The van der Waals surface area contributed by atoms with E-state index in [1.807, 2.05) is 0 Å². The summed E-state index contributed by atoms with van der Waals surface area (Å²) in [5.41, 5.74) is 0. The number of sulfone groups is 1. The van der Waals surface area contributed by atoms with Gasteiger partial charge in [-0.1, -0.05) is 19.8 Å². The summed E-state index contributed by atoms with van der Waals surface area (Å²) in [7, 11) is -1.29. The van der Waals surface area contributed by atoms with Gasteiger partial charge in [0.25, 0.3) is 0 Å². The van der Waals surface area contributed by atoms with Crippen LogP contribution in [0.4, 0.5) is 0 Å². The first kappa shape index (κ1) is 15.9.